The van der Waals surface area contributed by atoms with Crippen molar-refractivity contribution < 1.29 is 14.3 Å². The summed E-state index contributed by atoms with van der Waals surface area (Å²) in [5.74, 6) is 0.934. The van der Waals surface area contributed by atoms with Gasteiger partial charge < -0.3 is 9.47 Å². The minimum absolute atomic E-state index is 0.352. The number of hydrogen-bond acceptors (Lipinski definition) is 4. The van der Waals surface area contributed by atoms with Gasteiger partial charge in [0.05, 0.1) is 13.3 Å². The van der Waals surface area contributed by atoms with Gasteiger partial charge in [-0.15, -0.1) is 0 Å². The molecule has 2 rings (SSSR count). The maximum atomic E-state index is 11.9. The van der Waals surface area contributed by atoms with E-state index in [1.807, 2.05) is 24.3 Å². The van der Waals surface area contributed by atoms with Gasteiger partial charge in [0.25, 0.3) is 5.91 Å². The molecule has 2 aromatic rings. The van der Waals surface area contributed by atoms with Crippen molar-refractivity contribution in [2.75, 3.05) is 7.11 Å². The van der Waals surface area contributed by atoms with E-state index in [0.29, 0.717) is 10.8 Å². The third-order valence-corrected chi connectivity index (χ3v) is 3.22. The van der Waals surface area contributed by atoms with Gasteiger partial charge in [0.2, 0.25) is 0 Å². The summed E-state index contributed by atoms with van der Waals surface area (Å²) in [5.41, 5.74) is 3.28. The Morgan fingerprint density at radius 3 is 2.61 bits per heavy atom. The Kier molecular flexibility index (Phi) is 6.00. The molecule has 0 saturated heterocycles. The first-order valence-corrected chi connectivity index (χ1v) is 7.35. The van der Waals surface area contributed by atoms with Crippen molar-refractivity contribution >= 4 is 23.7 Å². The Hall–Kier alpha value is -2.53. The van der Waals surface area contributed by atoms with Gasteiger partial charge in [0, 0.05) is 5.02 Å². The summed E-state index contributed by atoms with van der Waals surface area (Å²) in [7, 11) is 1.60. The van der Waals surface area contributed by atoms with Crippen LogP contribution in [0.4, 0.5) is 0 Å². The van der Waals surface area contributed by atoms with Crippen molar-refractivity contribution in [3.63, 3.8) is 0 Å². The van der Waals surface area contributed by atoms with Crippen LogP contribution in [-0.2, 0) is 4.79 Å². The molecular formula is C17H17ClN2O3. The molecule has 1 amide bonds. The quantitative estimate of drug-likeness (QED) is 0.652. The number of ether oxygens (including phenoxy) is 2. The molecule has 5 nitrogen and oxygen atoms in total. The van der Waals surface area contributed by atoms with Crippen LogP contribution in [0.2, 0.25) is 5.02 Å². The van der Waals surface area contributed by atoms with Crippen molar-refractivity contribution in [3.8, 4) is 11.5 Å². The smallest absolute Gasteiger partial charge is 0.280 e. The highest BCUT2D eigenvalue weighted by atomic mass is 35.5. The highest BCUT2D eigenvalue weighted by Gasteiger charge is 2.13. The topological polar surface area (TPSA) is 59.9 Å². The molecule has 2 aromatic carbocycles. The van der Waals surface area contributed by atoms with Crippen LogP contribution in [0.15, 0.2) is 53.6 Å². The molecular weight excluding hydrogens is 316 g/mol. The molecule has 1 atom stereocenters. The van der Waals surface area contributed by atoms with E-state index in [9.17, 15) is 4.79 Å². The van der Waals surface area contributed by atoms with Gasteiger partial charge in [-0.2, -0.15) is 5.10 Å². The number of benzene rings is 2. The SMILES string of the molecule is COc1ccc(/C=N\NC(=O)[C@@H](C)Oc2cccc(Cl)c2)cc1. The number of nitrogens with one attached hydrogen (secondary N) is 1. The van der Waals surface area contributed by atoms with Crippen LogP contribution in [0, 0.1) is 0 Å². The van der Waals surface area contributed by atoms with Gasteiger partial charge in [-0.25, -0.2) is 5.43 Å². The number of rotatable bonds is 6. The zero-order valence-corrected chi connectivity index (χ0v) is 13.6. The number of hydrogen-bond donors (Lipinski definition) is 1. The van der Waals surface area contributed by atoms with Crippen LogP contribution < -0.4 is 14.9 Å². The predicted molar refractivity (Wildman–Crippen MR) is 90.3 cm³/mol. The lowest BCUT2D eigenvalue weighted by Crippen LogP contribution is -2.33. The zero-order chi connectivity index (χ0) is 16.7. The van der Waals surface area contributed by atoms with Crippen LogP contribution in [0.5, 0.6) is 11.5 Å². The van der Waals surface area contributed by atoms with Gasteiger partial charge in [-0.05, 0) is 55.0 Å². The van der Waals surface area contributed by atoms with E-state index in [-0.39, 0.29) is 5.91 Å². The summed E-state index contributed by atoms with van der Waals surface area (Å²) in [5, 5.41) is 4.45. The van der Waals surface area contributed by atoms with E-state index in [4.69, 9.17) is 21.1 Å². The normalized spacial score (nSPS) is 12.0. The lowest BCUT2D eigenvalue weighted by molar-refractivity contribution is -0.127. The zero-order valence-electron chi connectivity index (χ0n) is 12.8. The Labute approximate surface area is 139 Å². The highest BCUT2D eigenvalue weighted by molar-refractivity contribution is 6.30. The molecule has 0 heterocycles. The van der Waals surface area contributed by atoms with Crippen LogP contribution in [0.25, 0.3) is 0 Å². The fraction of sp³-hybridized carbons (Fsp3) is 0.176. The minimum Gasteiger partial charge on any atom is -0.497 e. The molecule has 0 aliphatic rings. The number of nitrogens with zero attached hydrogens (tertiary/aromatic N) is 1. The second-order valence-corrected chi connectivity index (χ2v) is 5.16. The summed E-state index contributed by atoms with van der Waals surface area (Å²) in [6, 6.07) is 14.2. The third kappa shape index (κ3) is 5.30. The monoisotopic (exact) mass is 332 g/mol. The molecule has 0 aliphatic carbocycles. The molecule has 0 aromatic heterocycles. The highest BCUT2D eigenvalue weighted by Crippen LogP contribution is 2.18. The summed E-state index contributed by atoms with van der Waals surface area (Å²) in [4.78, 5) is 11.9. The molecule has 0 spiro atoms. The number of hydrazone groups is 1. The molecule has 0 aliphatic heterocycles. The van der Waals surface area contributed by atoms with Crippen molar-refractivity contribution in [2.45, 2.75) is 13.0 Å². The van der Waals surface area contributed by atoms with E-state index in [1.54, 1.807) is 44.5 Å². The number of carbonyl (C=O) groups excluding carboxylic acids is 1. The van der Waals surface area contributed by atoms with E-state index >= 15 is 0 Å². The Balaban J connectivity index is 1.86. The molecule has 6 heteroatoms. The van der Waals surface area contributed by atoms with Gasteiger partial charge in [0.15, 0.2) is 6.10 Å². The number of amides is 1. The molecule has 0 bridgehead atoms. The molecule has 120 valence electrons. The first kappa shape index (κ1) is 16.8. The van der Waals surface area contributed by atoms with Crippen molar-refractivity contribution in [2.24, 2.45) is 5.10 Å². The number of halogens is 1. The minimum atomic E-state index is -0.693. The van der Waals surface area contributed by atoms with Crippen LogP contribution in [0.3, 0.4) is 0 Å². The molecule has 0 saturated carbocycles. The van der Waals surface area contributed by atoms with Crippen molar-refractivity contribution in [3.05, 3.63) is 59.1 Å². The summed E-state index contributed by atoms with van der Waals surface area (Å²) >= 11 is 5.87. The van der Waals surface area contributed by atoms with Crippen LogP contribution in [0.1, 0.15) is 12.5 Å². The second-order valence-electron chi connectivity index (χ2n) is 4.72. The lowest BCUT2D eigenvalue weighted by Gasteiger charge is -2.12. The molecule has 0 fully saturated rings. The summed E-state index contributed by atoms with van der Waals surface area (Å²) in [6.45, 7) is 1.64. The number of carbonyl (C=O) groups is 1. The van der Waals surface area contributed by atoms with E-state index in [2.05, 4.69) is 10.5 Å². The van der Waals surface area contributed by atoms with E-state index < -0.39 is 6.10 Å². The maximum absolute atomic E-state index is 11.9. The first-order valence-electron chi connectivity index (χ1n) is 6.97. The maximum Gasteiger partial charge on any atom is 0.280 e. The van der Waals surface area contributed by atoms with Gasteiger partial charge in [0.1, 0.15) is 11.5 Å². The van der Waals surface area contributed by atoms with E-state index in [1.165, 1.54) is 0 Å². The van der Waals surface area contributed by atoms with Crippen molar-refractivity contribution in [1.29, 1.82) is 0 Å². The second kappa shape index (κ2) is 8.19. The Morgan fingerprint density at radius 1 is 1.22 bits per heavy atom. The standard InChI is InChI=1S/C17H17ClN2O3/c1-12(23-16-5-3-4-14(18)10-16)17(21)20-19-11-13-6-8-15(22-2)9-7-13/h3-12H,1-2H3,(H,20,21)/b19-11-/t12-/m1/s1. The van der Waals surface area contributed by atoms with Crippen molar-refractivity contribution in [1.82, 2.24) is 5.43 Å². The first-order chi connectivity index (χ1) is 11.1. The Bertz CT molecular complexity index is 686. The summed E-state index contributed by atoms with van der Waals surface area (Å²) < 4.78 is 10.6. The van der Waals surface area contributed by atoms with E-state index in [0.717, 1.165) is 11.3 Å². The fourth-order valence-electron chi connectivity index (χ4n) is 1.75. The average molecular weight is 333 g/mol. The fourth-order valence-corrected chi connectivity index (χ4v) is 1.93. The van der Waals surface area contributed by atoms with Crippen LogP contribution in [-0.4, -0.2) is 25.3 Å². The van der Waals surface area contributed by atoms with Crippen LogP contribution >= 0.6 is 11.6 Å². The molecule has 23 heavy (non-hydrogen) atoms. The van der Waals surface area contributed by atoms with Gasteiger partial charge >= 0.3 is 0 Å². The van der Waals surface area contributed by atoms with Gasteiger partial charge in [-0.1, -0.05) is 17.7 Å². The Morgan fingerprint density at radius 2 is 1.96 bits per heavy atom. The molecule has 0 unspecified atom stereocenters. The third-order valence-electron chi connectivity index (χ3n) is 2.98. The molecule has 1 N–H and O–H groups in total. The predicted octanol–water partition coefficient (Wildman–Crippen LogP) is 3.27. The largest absolute Gasteiger partial charge is 0.497 e. The average Bonchev–Trinajstić information content (AvgIpc) is 2.55. The lowest BCUT2D eigenvalue weighted by atomic mass is 10.2. The number of methoxy groups -OCH3 is 1. The summed E-state index contributed by atoms with van der Waals surface area (Å²) in [6.07, 6.45) is 0.852. The molecule has 0 radical (unpaired) electrons. The van der Waals surface area contributed by atoms with Gasteiger partial charge in [-0.3, -0.25) is 4.79 Å².